The van der Waals surface area contributed by atoms with Crippen LogP contribution in [-0.4, -0.2) is 30.2 Å². The fraction of sp³-hybridized carbons (Fsp3) is 1.00. The molecule has 1 spiro atoms. The zero-order valence-corrected chi connectivity index (χ0v) is 12.8. The molecule has 0 aliphatic carbocycles. The van der Waals surface area contributed by atoms with Gasteiger partial charge < -0.3 is 4.48 Å². The summed E-state index contributed by atoms with van der Waals surface area (Å²) in [7, 11) is 0. The molecule has 0 radical (unpaired) electrons. The summed E-state index contributed by atoms with van der Waals surface area (Å²) in [4.78, 5) is 0. The molecule has 0 aromatic heterocycles. The molecule has 106 valence electrons. The van der Waals surface area contributed by atoms with E-state index < -0.39 is 0 Å². The SMILES string of the molecule is CC1CCC[N+]2(CCCCCCCCCC2)C1C. The van der Waals surface area contributed by atoms with E-state index in [0.717, 1.165) is 12.0 Å². The largest absolute Gasteiger partial charge is 0.321 e. The minimum atomic E-state index is 0.916. The number of piperidine rings is 1. The average molecular weight is 252 g/mol. The summed E-state index contributed by atoms with van der Waals surface area (Å²) in [5.41, 5.74) is 0. The van der Waals surface area contributed by atoms with Gasteiger partial charge in [0.1, 0.15) is 0 Å². The van der Waals surface area contributed by atoms with Crippen molar-refractivity contribution in [1.29, 1.82) is 0 Å². The maximum atomic E-state index is 2.55. The van der Waals surface area contributed by atoms with Crippen LogP contribution in [0, 0.1) is 5.92 Å². The van der Waals surface area contributed by atoms with Gasteiger partial charge in [0.2, 0.25) is 0 Å². The molecule has 0 aromatic rings. The Morgan fingerprint density at radius 2 is 1.06 bits per heavy atom. The van der Waals surface area contributed by atoms with E-state index in [4.69, 9.17) is 0 Å². The van der Waals surface area contributed by atoms with Gasteiger partial charge in [0, 0.05) is 5.92 Å². The zero-order chi connectivity index (χ0) is 12.8. The van der Waals surface area contributed by atoms with Crippen molar-refractivity contribution < 1.29 is 4.48 Å². The van der Waals surface area contributed by atoms with Crippen LogP contribution in [0.2, 0.25) is 0 Å². The van der Waals surface area contributed by atoms with Gasteiger partial charge >= 0.3 is 0 Å². The molecule has 2 atom stereocenters. The zero-order valence-electron chi connectivity index (χ0n) is 12.8. The predicted molar refractivity (Wildman–Crippen MR) is 79.7 cm³/mol. The maximum Gasteiger partial charge on any atom is 0.0887 e. The number of quaternary nitrogens is 1. The molecule has 2 aliphatic rings. The highest BCUT2D eigenvalue weighted by Crippen LogP contribution is 2.32. The molecule has 18 heavy (non-hydrogen) atoms. The van der Waals surface area contributed by atoms with E-state index in [0.29, 0.717) is 0 Å². The molecule has 1 nitrogen and oxygen atoms in total. The number of hydrogen-bond acceptors (Lipinski definition) is 0. The summed E-state index contributed by atoms with van der Waals surface area (Å²) in [5.74, 6) is 0.948. The first-order valence-electron chi connectivity index (χ1n) is 8.60. The molecule has 2 unspecified atom stereocenters. The number of nitrogens with zero attached hydrogens (tertiary/aromatic N) is 1. The van der Waals surface area contributed by atoms with Crippen molar-refractivity contribution in [3.05, 3.63) is 0 Å². The summed E-state index contributed by atoms with van der Waals surface area (Å²) >= 11 is 0. The predicted octanol–water partition coefficient (Wildman–Crippen LogP) is 4.76. The average Bonchev–Trinajstić information content (AvgIpc) is 2.42. The normalized spacial score (nSPS) is 35.0. The molecular weight excluding hydrogens is 218 g/mol. The van der Waals surface area contributed by atoms with Gasteiger partial charge in [0.05, 0.1) is 25.7 Å². The van der Waals surface area contributed by atoms with Crippen LogP contribution in [0.4, 0.5) is 0 Å². The van der Waals surface area contributed by atoms with Crippen LogP contribution in [0.15, 0.2) is 0 Å². The van der Waals surface area contributed by atoms with Crippen LogP contribution in [-0.2, 0) is 0 Å². The fourth-order valence-corrected chi connectivity index (χ4v) is 4.37. The standard InChI is InChI=1S/C17H34N/c1-16-12-11-15-18(17(16)2)13-9-7-5-3-4-6-8-10-14-18/h16-17H,3-15H2,1-2H3/q+1. The van der Waals surface area contributed by atoms with Crippen LogP contribution < -0.4 is 0 Å². The Labute approximate surface area is 115 Å². The van der Waals surface area contributed by atoms with Gasteiger partial charge in [-0.05, 0) is 45.4 Å². The fourth-order valence-electron chi connectivity index (χ4n) is 4.37. The second-order valence-corrected chi connectivity index (χ2v) is 7.08. The summed E-state index contributed by atoms with van der Waals surface area (Å²) in [5, 5.41) is 0. The highest BCUT2D eigenvalue weighted by atomic mass is 15.4. The van der Waals surface area contributed by atoms with Crippen LogP contribution >= 0.6 is 0 Å². The number of hydrogen-bond donors (Lipinski definition) is 0. The second kappa shape index (κ2) is 6.93. The smallest absolute Gasteiger partial charge is 0.0887 e. The van der Waals surface area contributed by atoms with Crippen LogP contribution in [0.25, 0.3) is 0 Å². The first-order valence-corrected chi connectivity index (χ1v) is 8.60. The Hall–Kier alpha value is -0.0400. The number of rotatable bonds is 0. The first-order chi connectivity index (χ1) is 8.75. The minimum Gasteiger partial charge on any atom is -0.321 e. The highest BCUT2D eigenvalue weighted by molar-refractivity contribution is 4.70. The Morgan fingerprint density at radius 3 is 1.61 bits per heavy atom. The van der Waals surface area contributed by atoms with E-state index in [9.17, 15) is 0 Å². The molecule has 2 heterocycles. The van der Waals surface area contributed by atoms with Crippen molar-refractivity contribution in [3.63, 3.8) is 0 Å². The van der Waals surface area contributed by atoms with Crippen molar-refractivity contribution in [1.82, 2.24) is 0 Å². The van der Waals surface area contributed by atoms with Crippen molar-refractivity contribution in [2.24, 2.45) is 5.92 Å². The van der Waals surface area contributed by atoms with Crippen molar-refractivity contribution >= 4 is 0 Å². The summed E-state index contributed by atoms with van der Waals surface area (Å²) in [6.07, 6.45) is 14.9. The molecule has 0 amide bonds. The summed E-state index contributed by atoms with van der Waals surface area (Å²) in [6.45, 7) is 9.47. The van der Waals surface area contributed by atoms with E-state index in [1.165, 1.54) is 88.3 Å². The Morgan fingerprint density at radius 1 is 0.611 bits per heavy atom. The Balaban J connectivity index is 2.00. The second-order valence-electron chi connectivity index (χ2n) is 7.08. The molecular formula is C17H34N+. The highest BCUT2D eigenvalue weighted by Gasteiger charge is 2.39. The van der Waals surface area contributed by atoms with Crippen molar-refractivity contribution in [3.8, 4) is 0 Å². The minimum absolute atomic E-state index is 0.916. The van der Waals surface area contributed by atoms with Crippen molar-refractivity contribution in [2.75, 3.05) is 19.6 Å². The van der Waals surface area contributed by atoms with Gasteiger partial charge in [-0.3, -0.25) is 0 Å². The molecule has 2 saturated heterocycles. The molecule has 0 aromatic carbocycles. The van der Waals surface area contributed by atoms with Crippen LogP contribution in [0.3, 0.4) is 0 Å². The third-order valence-electron chi connectivity index (χ3n) is 5.91. The van der Waals surface area contributed by atoms with Gasteiger partial charge in [-0.25, -0.2) is 0 Å². The molecule has 0 bridgehead atoms. The topological polar surface area (TPSA) is 0 Å². The molecule has 2 rings (SSSR count). The molecule has 0 saturated carbocycles. The van der Waals surface area contributed by atoms with Gasteiger partial charge in [-0.15, -0.1) is 0 Å². The van der Waals surface area contributed by atoms with Gasteiger partial charge in [-0.1, -0.05) is 32.6 Å². The summed E-state index contributed by atoms with van der Waals surface area (Å²) < 4.78 is 1.47. The monoisotopic (exact) mass is 252 g/mol. The quantitative estimate of drug-likeness (QED) is 0.545. The molecule has 0 N–H and O–H groups in total. The Kier molecular flexibility index (Phi) is 5.54. The molecule has 2 fully saturated rings. The van der Waals surface area contributed by atoms with Crippen LogP contribution in [0.5, 0.6) is 0 Å². The molecule has 1 heteroatoms. The van der Waals surface area contributed by atoms with Crippen molar-refractivity contribution in [2.45, 2.75) is 84.1 Å². The summed E-state index contributed by atoms with van der Waals surface area (Å²) in [6, 6.07) is 0.916. The van der Waals surface area contributed by atoms with Gasteiger partial charge in [0.25, 0.3) is 0 Å². The van der Waals surface area contributed by atoms with Crippen LogP contribution in [0.1, 0.15) is 78.1 Å². The van der Waals surface area contributed by atoms with Gasteiger partial charge in [0.15, 0.2) is 0 Å². The Bertz CT molecular complexity index is 224. The maximum absolute atomic E-state index is 2.55. The third-order valence-corrected chi connectivity index (χ3v) is 5.91. The van der Waals surface area contributed by atoms with E-state index >= 15 is 0 Å². The van der Waals surface area contributed by atoms with E-state index in [1.54, 1.807) is 0 Å². The lowest BCUT2D eigenvalue weighted by Crippen LogP contribution is -2.60. The van der Waals surface area contributed by atoms with E-state index in [-0.39, 0.29) is 0 Å². The lowest BCUT2D eigenvalue weighted by atomic mass is 9.88. The third kappa shape index (κ3) is 3.50. The lowest BCUT2D eigenvalue weighted by Gasteiger charge is -2.49. The first kappa shape index (κ1) is 14.4. The van der Waals surface area contributed by atoms with Gasteiger partial charge in [-0.2, -0.15) is 0 Å². The van der Waals surface area contributed by atoms with E-state index in [2.05, 4.69) is 13.8 Å². The van der Waals surface area contributed by atoms with E-state index in [1.807, 2.05) is 0 Å². The molecule has 2 aliphatic heterocycles. The lowest BCUT2D eigenvalue weighted by molar-refractivity contribution is -0.958.